The first-order chi connectivity index (χ1) is 41.9. The number of carbonyl (C=O) groups excluding carboxylic acids is 2. The highest BCUT2D eigenvalue weighted by Crippen LogP contribution is 2.84. The lowest BCUT2D eigenvalue weighted by Gasteiger charge is -2.57. The number of benzene rings is 17. The Hall–Kier alpha value is -9.08. The van der Waals surface area contributed by atoms with Crippen molar-refractivity contribution < 1.29 is 19.1 Å². The number of amides is 2. The average Bonchev–Trinajstić information content (AvgIpc) is 1.39. The minimum atomic E-state index is -0.635. The van der Waals surface area contributed by atoms with Gasteiger partial charge in [-0.15, -0.1) is 0 Å². The van der Waals surface area contributed by atoms with Gasteiger partial charge in [-0.05, 0) is 355 Å². The van der Waals surface area contributed by atoms with Gasteiger partial charge in [-0.2, -0.15) is 0 Å². The number of piperazine rings is 2. The number of rotatable bonds is 2. The zero-order valence-electron chi connectivity index (χ0n) is 47.1. The SMILES string of the molecule is CC(C)(C)OC(=O)N1CCN(C23c4c5c6c7c8c9c%10c%11c(c2c2c%12c3c3c%13c4c6c4c6c%13c%13c3c3c%12c%12c%14c2c%11c2c%11c%10c%10c8c8c7c4c4c6c6c%13c7c3c%12c3c(c%142)c2c%11c%10c%10c8c4c4c%10c2c3c7c64)C59N2CCN(C(=O)OC(C)(C)C)CC2)CC1. The largest absolute Gasteiger partial charge is 0.444 e. The molecule has 0 N–H and O–H groups in total. The molecule has 2 fully saturated rings. The predicted octanol–water partition coefficient (Wildman–Crippen LogP) is 18.0. The second-order valence-electron chi connectivity index (χ2n) is 32.1. The van der Waals surface area contributed by atoms with E-state index >= 15 is 0 Å². The Labute approximate surface area is 477 Å². The standard InChI is InChI=1S/C78H34N4O4/c1-75(2,3)85-73(83)79-7-11-81(12-8-79)77-67-59-50-43-30-23-17-18-20-16-15-19(17)28(30)34-32-21(15)25-22(16)33-35-29(20)31-24(18)27-26(23)37-45-38(27)47-44(31)51-49(35)53-40(33)42-36(25)41-39(32)52(48(34)50)63(67)65-54(41)55(42)66-64(53)68-60(51)57(47)62-58(45)61(56(59)46(37)43)69(77)70(62)78(68,72(66)71(65)77)82-13-9-80(10-14-82)74(84)86-76(4,5)6/h7-14H2,1-6H3. The summed E-state index contributed by atoms with van der Waals surface area (Å²) in [5.41, 5.74) is 7.11. The summed E-state index contributed by atoms with van der Waals surface area (Å²) in [5.74, 6) is 0. The fraction of sp³-hybridized carbons (Fsp3) is 0.231. The van der Waals surface area contributed by atoms with Crippen LogP contribution in [0.3, 0.4) is 0 Å². The number of hydrogen-bond donors (Lipinski definition) is 0. The quantitative estimate of drug-likeness (QED) is 0.161. The van der Waals surface area contributed by atoms with Crippen LogP contribution < -0.4 is 0 Å². The first kappa shape index (κ1) is 37.4. The minimum Gasteiger partial charge on any atom is -0.444 e. The van der Waals surface area contributed by atoms with E-state index in [0.29, 0.717) is 26.2 Å². The molecular weight excluding hydrogens is 1060 g/mol. The first-order valence-corrected chi connectivity index (χ1v) is 32.1. The van der Waals surface area contributed by atoms with Crippen LogP contribution in [0.2, 0.25) is 0 Å². The molecule has 0 spiro atoms. The number of carbonyl (C=O) groups is 2. The van der Waals surface area contributed by atoms with Crippen molar-refractivity contribution in [1.29, 1.82) is 0 Å². The van der Waals surface area contributed by atoms with Crippen LogP contribution >= 0.6 is 0 Å². The zero-order valence-corrected chi connectivity index (χ0v) is 47.1. The lowest BCUT2D eigenvalue weighted by Crippen LogP contribution is -2.63. The summed E-state index contributed by atoms with van der Waals surface area (Å²) in [6.07, 6.45) is -0.394. The summed E-state index contributed by atoms with van der Waals surface area (Å²) in [6.45, 7) is 17.4. The summed E-state index contributed by atoms with van der Waals surface area (Å²) >= 11 is 0. The second kappa shape index (κ2) is 9.06. The molecule has 8 heteroatoms. The third-order valence-electron chi connectivity index (χ3n) is 28.0. The highest BCUT2D eigenvalue weighted by atomic mass is 16.6. The van der Waals surface area contributed by atoms with Gasteiger partial charge in [-0.25, -0.2) is 9.59 Å². The van der Waals surface area contributed by atoms with E-state index in [1.165, 1.54) is 0 Å². The topological polar surface area (TPSA) is 65.6 Å². The van der Waals surface area contributed by atoms with Crippen molar-refractivity contribution in [1.82, 2.24) is 19.6 Å². The van der Waals surface area contributed by atoms with Gasteiger partial charge in [0.1, 0.15) is 22.3 Å². The van der Waals surface area contributed by atoms with Crippen molar-refractivity contribution in [3.05, 3.63) is 33.4 Å². The van der Waals surface area contributed by atoms with Gasteiger partial charge in [-0.1, -0.05) is 0 Å². The molecule has 2 atom stereocenters. The van der Waals surface area contributed by atoms with Crippen LogP contribution in [0.5, 0.6) is 0 Å². The maximum atomic E-state index is 14.4. The molecule has 86 heavy (non-hydrogen) atoms. The molecule has 7 aliphatic rings. The van der Waals surface area contributed by atoms with Crippen molar-refractivity contribution in [3.8, 4) is 0 Å². The summed E-state index contributed by atoms with van der Waals surface area (Å²) in [7, 11) is 0. The summed E-state index contributed by atoms with van der Waals surface area (Å²) in [4.78, 5) is 39.0. The minimum absolute atomic E-state index is 0.197. The van der Waals surface area contributed by atoms with E-state index in [2.05, 4.69) is 9.80 Å². The highest BCUT2D eigenvalue weighted by Gasteiger charge is 2.70. The highest BCUT2D eigenvalue weighted by molar-refractivity contribution is 6.81. The lowest BCUT2D eigenvalue weighted by atomic mass is 9.59. The van der Waals surface area contributed by atoms with Crippen molar-refractivity contribution in [3.63, 3.8) is 0 Å². The molecule has 390 valence electrons. The third-order valence-corrected chi connectivity index (χ3v) is 28.0. The molecule has 0 saturated carbocycles. The molecule has 2 amide bonds. The number of hydrogen-bond acceptors (Lipinski definition) is 6. The smallest absolute Gasteiger partial charge is 0.410 e. The van der Waals surface area contributed by atoms with Crippen molar-refractivity contribution in [2.24, 2.45) is 0 Å². The van der Waals surface area contributed by atoms with Crippen LogP contribution in [0.1, 0.15) is 74.9 Å². The van der Waals surface area contributed by atoms with Crippen LogP contribution in [-0.2, 0) is 20.6 Å². The molecule has 8 nitrogen and oxygen atoms in total. The molecule has 5 aliphatic carbocycles. The average molecular weight is 1090 g/mol. The zero-order chi connectivity index (χ0) is 54.0. The van der Waals surface area contributed by atoms with Crippen LogP contribution in [0.15, 0.2) is 0 Å². The number of ether oxygens (including phenoxy) is 2. The molecule has 2 saturated heterocycles. The van der Waals surface area contributed by atoms with Crippen LogP contribution in [-0.4, -0.2) is 95.3 Å². The Morgan fingerprint density at radius 2 is 0.372 bits per heavy atom. The number of nitrogens with zero attached hydrogens (tertiary/aromatic N) is 4. The van der Waals surface area contributed by atoms with Crippen molar-refractivity contribution >= 4 is 292 Å². The first-order valence-electron chi connectivity index (χ1n) is 32.1. The molecule has 2 heterocycles. The molecule has 0 bridgehead atoms. The van der Waals surface area contributed by atoms with Crippen molar-refractivity contribution in [2.75, 3.05) is 52.4 Å². The van der Waals surface area contributed by atoms with Gasteiger partial charge < -0.3 is 19.3 Å². The van der Waals surface area contributed by atoms with Crippen LogP contribution in [0.25, 0.3) is 280 Å². The van der Waals surface area contributed by atoms with Gasteiger partial charge in [-0.3, -0.25) is 9.80 Å². The maximum Gasteiger partial charge on any atom is 0.410 e. The molecule has 27 aromatic rings. The molecule has 2 unspecified atom stereocenters. The van der Waals surface area contributed by atoms with Crippen molar-refractivity contribution in [2.45, 2.75) is 63.8 Å². The summed E-state index contributed by atoms with van der Waals surface area (Å²) in [5, 5.41) is 82.4. The Morgan fingerprint density at radius 3 is 0.558 bits per heavy atom. The van der Waals surface area contributed by atoms with E-state index in [1.54, 1.807) is 313 Å². The summed E-state index contributed by atoms with van der Waals surface area (Å²) in [6, 6.07) is 0. The fourth-order valence-electron chi connectivity index (χ4n) is 27.2. The lowest BCUT2D eigenvalue weighted by molar-refractivity contribution is 0.00171. The normalized spacial score (nSPS) is 22.9. The van der Waals surface area contributed by atoms with Gasteiger partial charge in [0.05, 0.1) is 0 Å². The summed E-state index contributed by atoms with van der Waals surface area (Å²) < 4.78 is 12.5. The molecule has 34 rings (SSSR count). The maximum absolute atomic E-state index is 14.4. The van der Waals surface area contributed by atoms with E-state index in [0.717, 1.165) is 26.2 Å². The fourth-order valence-corrected chi connectivity index (χ4v) is 27.2. The van der Waals surface area contributed by atoms with Crippen LogP contribution in [0, 0.1) is 0 Å². The second-order valence-corrected chi connectivity index (χ2v) is 32.1. The Kier molecular flexibility index (Phi) is 3.94. The molecule has 0 radical (unpaired) electrons. The van der Waals surface area contributed by atoms with Gasteiger partial charge >= 0.3 is 12.2 Å². The van der Waals surface area contributed by atoms with Gasteiger partial charge in [0, 0.05) is 52.4 Å². The van der Waals surface area contributed by atoms with Crippen LogP contribution in [0.4, 0.5) is 9.59 Å². The molecular formula is C78H34N4O4. The van der Waals surface area contributed by atoms with Gasteiger partial charge in [0.2, 0.25) is 0 Å². The monoisotopic (exact) mass is 1090 g/mol. The van der Waals surface area contributed by atoms with Gasteiger partial charge in [0.15, 0.2) is 0 Å². The Balaban J connectivity index is 0.935. The Morgan fingerprint density at radius 1 is 0.233 bits per heavy atom. The van der Waals surface area contributed by atoms with E-state index in [1.807, 2.05) is 51.3 Å². The molecule has 0 aromatic heterocycles. The molecule has 2 aliphatic heterocycles. The third kappa shape index (κ3) is 2.40. The van der Waals surface area contributed by atoms with E-state index in [4.69, 9.17) is 9.47 Å². The van der Waals surface area contributed by atoms with Gasteiger partial charge in [0.25, 0.3) is 0 Å². The van der Waals surface area contributed by atoms with E-state index in [-0.39, 0.29) is 12.2 Å². The van der Waals surface area contributed by atoms with E-state index in [9.17, 15) is 9.59 Å². The molecule has 27 aromatic carbocycles. The van der Waals surface area contributed by atoms with E-state index < -0.39 is 22.3 Å². The Bertz CT molecular complexity index is 7450. The predicted molar refractivity (Wildman–Crippen MR) is 351 cm³/mol.